The number of hydrogen-bond donors (Lipinski definition) is 1. The molecule has 2 aliphatic heterocycles. The Hall–Kier alpha value is -1.69. The van der Waals surface area contributed by atoms with Crippen molar-refractivity contribution < 1.29 is 4.74 Å². The van der Waals surface area contributed by atoms with Crippen molar-refractivity contribution in [2.24, 2.45) is 12.0 Å². The molecular formula is C19H31IN8O. The monoisotopic (exact) mass is 514 g/mol. The van der Waals surface area contributed by atoms with Crippen molar-refractivity contribution >= 4 is 29.9 Å². The quantitative estimate of drug-likeness (QED) is 0.381. The molecule has 0 radical (unpaired) electrons. The predicted molar refractivity (Wildman–Crippen MR) is 121 cm³/mol. The molecule has 4 rings (SSSR count). The third-order valence-electron chi connectivity index (χ3n) is 5.35. The number of halogens is 1. The number of fused-ring (bicyclic) bond motifs is 1. The number of aromatic nitrogens is 5. The van der Waals surface area contributed by atoms with Crippen LogP contribution < -0.4 is 5.32 Å². The molecule has 1 unspecified atom stereocenters. The number of rotatable bonds is 4. The highest BCUT2D eigenvalue weighted by atomic mass is 127. The minimum absolute atomic E-state index is 0. The fraction of sp³-hybridized carbons (Fsp3) is 0.684. The van der Waals surface area contributed by atoms with Gasteiger partial charge in [-0.15, -0.1) is 34.2 Å². The molecule has 0 aliphatic carbocycles. The van der Waals surface area contributed by atoms with E-state index in [1.165, 1.54) is 19.3 Å². The second kappa shape index (κ2) is 10.4. The van der Waals surface area contributed by atoms with Crippen molar-refractivity contribution in [3.8, 4) is 0 Å². The second-order valence-corrected chi connectivity index (χ2v) is 7.42. The Kier molecular flexibility index (Phi) is 7.87. The van der Waals surface area contributed by atoms with Crippen LogP contribution in [0, 0.1) is 0 Å². The maximum atomic E-state index is 5.97. The van der Waals surface area contributed by atoms with Crippen LogP contribution in [0.5, 0.6) is 0 Å². The first-order chi connectivity index (χ1) is 13.7. The van der Waals surface area contributed by atoms with Gasteiger partial charge in [0.15, 0.2) is 11.8 Å². The van der Waals surface area contributed by atoms with Crippen LogP contribution >= 0.6 is 24.0 Å². The fourth-order valence-corrected chi connectivity index (χ4v) is 3.88. The smallest absolute Gasteiger partial charge is 0.194 e. The Morgan fingerprint density at radius 3 is 2.97 bits per heavy atom. The molecule has 10 heteroatoms. The average Bonchev–Trinajstić information content (AvgIpc) is 3.24. The van der Waals surface area contributed by atoms with E-state index in [1.807, 2.05) is 24.1 Å². The van der Waals surface area contributed by atoms with E-state index in [4.69, 9.17) is 9.73 Å². The zero-order valence-electron chi connectivity index (χ0n) is 17.3. The molecule has 2 aliphatic rings. The fourth-order valence-electron chi connectivity index (χ4n) is 3.88. The first-order valence-electron chi connectivity index (χ1n) is 10.3. The minimum Gasteiger partial charge on any atom is -0.370 e. The molecule has 160 valence electrons. The molecule has 1 N–H and O–H groups in total. The van der Waals surface area contributed by atoms with Crippen LogP contribution in [0.25, 0.3) is 0 Å². The molecule has 0 saturated carbocycles. The van der Waals surface area contributed by atoms with Gasteiger partial charge in [0.05, 0.1) is 19.3 Å². The topological polar surface area (TPSA) is 85.4 Å². The Morgan fingerprint density at radius 2 is 2.17 bits per heavy atom. The highest BCUT2D eigenvalue weighted by molar-refractivity contribution is 14.0. The van der Waals surface area contributed by atoms with Crippen LogP contribution in [0.1, 0.15) is 49.5 Å². The predicted octanol–water partition coefficient (Wildman–Crippen LogP) is 1.89. The molecular weight excluding hydrogens is 483 g/mol. The summed E-state index contributed by atoms with van der Waals surface area (Å²) in [5, 5.41) is 16.5. The van der Waals surface area contributed by atoms with E-state index in [0.717, 1.165) is 55.8 Å². The number of aliphatic imine (C=N–C) groups is 1. The summed E-state index contributed by atoms with van der Waals surface area (Å²) in [7, 11) is 1.93. The largest absolute Gasteiger partial charge is 0.370 e. The average molecular weight is 514 g/mol. The number of morpholine rings is 1. The van der Waals surface area contributed by atoms with Crippen LogP contribution in [-0.2, 0) is 31.3 Å². The lowest BCUT2D eigenvalue weighted by molar-refractivity contribution is -0.00805. The van der Waals surface area contributed by atoms with Gasteiger partial charge in [0.2, 0.25) is 0 Å². The molecule has 0 bridgehead atoms. The van der Waals surface area contributed by atoms with E-state index in [0.29, 0.717) is 13.2 Å². The van der Waals surface area contributed by atoms with E-state index in [2.05, 4.69) is 37.0 Å². The van der Waals surface area contributed by atoms with Gasteiger partial charge in [0, 0.05) is 44.9 Å². The van der Waals surface area contributed by atoms with Gasteiger partial charge < -0.3 is 19.5 Å². The molecule has 0 aromatic carbocycles. The molecule has 9 nitrogen and oxygen atoms in total. The lowest BCUT2D eigenvalue weighted by atomic mass is 10.1. The summed E-state index contributed by atoms with van der Waals surface area (Å²) in [6, 6.07) is 0. The number of guanidine groups is 1. The van der Waals surface area contributed by atoms with Gasteiger partial charge in [-0.1, -0.05) is 6.42 Å². The lowest BCUT2D eigenvalue weighted by Crippen LogP contribution is -2.48. The number of nitrogens with zero attached hydrogens (tertiary/aromatic N) is 7. The third-order valence-corrected chi connectivity index (χ3v) is 5.35. The van der Waals surface area contributed by atoms with Gasteiger partial charge >= 0.3 is 0 Å². The van der Waals surface area contributed by atoms with Crippen LogP contribution in [0.15, 0.2) is 17.4 Å². The minimum atomic E-state index is 0. The molecule has 4 heterocycles. The van der Waals surface area contributed by atoms with E-state index in [-0.39, 0.29) is 30.1 Å². The maximum absolute atomic E-state index is 5.97. The Labute approximate surface area is 188 Å². The van der Waals surface area contributed by atoms with Gasteiger partial charge in [-0.25, -0.2) is 4.99 Å². The number of nitrogens with one attached hydrogen (secondary N) is 1. The van der Waals surface area contributed by atoms with Crippen LogP contribution in [-0.4, -0.2) is 61.6 Å². The van der Waals surface area contributed by atoms with Crippen LogP contribution in [0.4, 0.5) is 0 Å². The molecule has 29 heavy (non-hydrogen) atoms. The number of hydrogen-bond acceptors (Lipinski definition) is 5. The Balaban J connectivity index is 0.00000240. The molecule has 1 atom stereocenters. The van der Waals surface area contributed by atoms with E-state index in [1.54, 1.807) is 0 Å². The molecule has 1 fully saturated rings. The normalized spacial score (nSPS) is 20.0. The first-order valence-corrected chi connectivity index (χ1v) is 10.3. The molecule has 2 aromatic rings. The highest BCUT2D eigenvalue weighted by Gasteiger charge is 2.25. The van der Waals surface area contributed by atoms with Crippen molar-refractivity contribution in [2.45, 2.75) is 51.8 Å². The van der Waals surface area contributed by atoms with Crippen molar-refractivity contribution in [2.75, 3.05) is 26.2 Å². The van der Waals surface area contributed by atoms with Crippen molar-refractivity contribution in [1.29, 1.82) is 0 Å². The zero-order valence-corrected chi connectivity index (χ0v) is 19.6. The van der Waals surface area contributed by atoms with Crippen LogP contribution in [0.3, 0.4) is 0 Å². The summed E-state index contributed by atoms with van der Waals surface area (Å²) in [5.41, 5.74) is 1.10. The van der Waals surface area contributed by atoms with E-state index >= 15 is 0 Å². The maximum Gasteiger partial charge on any atom is 0.194 e. The molecule has 2 aromatic heterocycles. The second-order valence-electron chi connectivity index (χ2n) is 7.42. The van der Waals surface area contributed by atoms with E-state index in [9.17, 15) is 0 Å². The standard InChI is InChI=1S/C19H30N8O.HI/c1-3-20-19(21-12-18-24-23-17-7-5-4-6-8-27(17)18)26-9-10-28-16(14-26)15-11-22-25(2)13-15;/h11,13,16H,3-10,12,14H2,1-2H3,(H,20,21);1H. The van der Waals surface area contributed by atoms with Crippen molar-refractivity contribution in [3.63, 3.8) is 0 Å². The summed E-state index contributed by atoms with van der Waals surface area (Å²) in [4.78, 5) is 7.15. The molecule has 1 saturated heterocycles. The van der Waals surface area contributed by atoms with Gasteiger partial charge in [0.25, 0.3) is 0 Å². The molecule has 0 amide bonds. The van der Waals surface area contributed by atoms with Gasteiger partial charge in [-0.3, -0.25) is 4.68 Å². The summed E-state index contributed by atoms with van der Waals surface area (Å²) in [6.07, 6.45) is 8.58. The number of ether oxygens (including phenoxy) is 1. The van der Waals surface area contributed by atoms with Crippen LogP contribution in [0.2, 0.25) is 0 Å². The van der Waals surface area contributed by atoms with Gasteiger partial charge in [-0.05, 0) is 19.8 Å². The highest BCUT2D eigenvalue weighted by Crippen LogP contribution is 2.22. The first kappa shape index (κ1) is 22.0. The SMILES string of the molecule is CCNC(=NCc1nnc2n1CCCCC2)N1CCOC(c2cnn(C)c2)C1.I. The number of aryl methyl sites for hydroxylation is 2. The lowest BCUT2D eigenvalue weighted by Gasteiger charge is -2.34. The molecule has 0 spiro atoms. The van der Waals surface area contributed by atoms with E-state index < -0.39 is 0 Å². The van der Waals surface area contributed by atoms with Crippen molar-refractivity contribution in [3.05, 3.63) is 29.6 Å². The zero-order chi connectivity index (χ0) is 19.3. The summed E-state index contributed by atoms with van der Waals surface area (Å²) in [6.45, 7) is 6.72. The van der Waals surface area contributed by atoms with Crippen molar-refractivity contribution in [1.82, 2.24) is 34.8 Å². The summed E-state index contributed by atoms with van der Waals surface area (Å²) in [5.74, 6) is 2.98. The Morgan fingerprint density at radius 1 is 1.28 bits per heavy atom. The summed E-state index contributed by atoms with van der Waals surface area (Å²) < 4.78 is 10.0. The van der Waals surface area contributed by atoms with Gasteiger partial charge in [-0.2, -0.15) is 5.10 Å². The Bertz CT molecular complexity index is 817. The summed E-state index contributed by atoms with van der Waals surface area (Å²) >= 11 is 0. The third kappa shape index (κ3) is 5.27. The van der Waals surface area contributed by atoms with Gasteiger partial charge in [0.1, 0.15) is 18.5 Å².